The van der Waals surface area contributed by atoms with E-state index in [1.165, 1.54) is 0 Å². The molecular formula is C10H18. The van der Waals surface area contributed by atoms with E-state index in [4.69, 9.17) is 0 Å². The summed E-state index contributed by atoms with van der Waals surface area (Å²) in [5.74, 6) is 0.648. The van der Waals surface area contributed by atoms with Gasteiger partial charge < -0.3 is 0 Å². The van der Waals surface area contributed by atoms with E-state index in [1.54, 1.807) is 6.08 Å². The quantitative estimate of drug-likeness (QED) is 0.404. The van der Waals surface area contributed by atoms with Crippen molar-refractivity contribution in [3.05, 3.63) is 37.5 Å². The first-order chi connectivity index (χ1) is 4.54. The van der Waals surface area contributed by atoms with Crippen molar-refractivity contribution in [2.24, 2.45) is 5.92 Å². The van der Waals surface area contributed by atoms with E-state index in [0.29, 0.717) is 5.92 Å². The molecule has 0 amide bonds. The van der Waals surface area contributed by atoms with Crippen LogP contribution in [-0.2, 0) is 0 Å². The lowest BCUT2D eigenvalue weighted by Crippen LogP contribution is -1.71. The summed E-state index contributed by atoms with van der Waals surface area (Å²) >= 11 is 0. The van der Waals surface area contributed by atoms with E-state index in [-0.39, 0.29) is 0 Å². The van der Waals surface area contributed by atoms with Crippen molar-refractivity contribution in [1.82, 2.24) is 0 Å². The molecule has 0 nitrogen and oxygen atoms in total. The van der Waals surface area contributed by atoms with Crippen LogP contribution in [0.15, 0.2) is 37.5 Å². The van der Waals surface area contributed by atoms with Crippen LogP contribution in [0.25, 0.3) is 0 Å². The summed E-state index contributed by atoms with van der Waals surface area (Å²) in [6.45, 7) is 16.7. The van der Waals surface area contributed by atoms with Gasteiger partial charge in [-0.15, -0.1) is 6.58 Å². The number of hydrogen-bond acceptors (Lipinski definition) is 0. The summed E-state index contributed by atoms with van der Waals surface area (Å²) in [6, 6.07) is 0. The molecule has 10 heavy (non-hydrogen) atoms. The molecule has 58 valence electrons. The van der Waals surface area contributed by atoms with Gasteiger partial charge in [0.05, 0.1) is 0 Å². The van der Waals surface area contributed by atoms with E-state index < -0.39 is 0 Å². The smallest absolute Gasteiger partial charge is 0.0293 e. The molecule has 0 saturated carbocycles. The molecule has 0 rings (SSSR count). The van der Waals surface area contributed by atoms with Crippen molar-refractivity contribution in [1.29, 1.82) is 0 Å². The number of rotatable bonds is 2. The zero-order valence-corrected chi connectivity index (χ0v) is 7.35. The molecule has 0 radical (unpaired) electrons. The Balaban J connectivity index is 0. The summed E-state index contributed by atoms with van der Waals surface area (Å²) in [7, 11) is 0. The highest BCUT2D eigenvalue weighted by atomic mass is 13.8. The number of allylic oxidation sites excluding steroid dienone is 3. The van der Waals surface area contributed by atoms with Crippen molar-refractivity contribution in [2.45, 2.75) is 20.8 Å². The molecule has 0 atom stereocenters. The van der Waals surface area contributed by atoms with Crippen LogP contribution in [0.4, 0.5) is 0 Å². The molecule has 0 aliphatic heterocycles. The van der Waals surface area contributed by atoms with Gasteiger partial charge in [0.25, 0.3) is 0 Å². The molecule has 0 aromatic heterocycles. The van der Waals surface area contributed by atoms with Crippen LogP contribution in [0.1, 0.15) is 20.8 Å². The van der Waals surface area contributed by atoms with Crippen LogP contribution >= 0.6 is 0 Å². The first kappa shape index (κ1) is 12.0. The van der Waals surface area contributed by atoms with E-state index in [0.717, 1.165) is 5.57 Å². The minimum Gasteiger partial charge on any atom is -0.103 e. The molecule has 0 aromatic carbocycles. The summed E-state index contributed by atoms with van der Waals surface area (Å²) in [4.78, 5) is 0. The van der Waals surface area contributed by atoms with Gasteiger partial charge in [-0.05, 0) is 12.8 Å². The molecule has 0 bridgehead atoms. The first-order valence-corrected chi connectivity index (χ1v) is 3.45. The maximum atomic E-state index is 3.56. The Bertz CT molecular complexity index is 107. The summed E-state index contributed by atoms with van der Waals surface area (Å²) in [5, 5.41) is 0. The number of hydrogen-bond donors (Lipinski definition) is 0. The van der Waals surface area contributed by atoms with Crippen molar-refractivity contribution in [3.8, 4) is 0 Å². The summed E-state index contributed by atoms with van der Waals surface area (Å²) < 4.78 is 0. The van der Waals surface area contributed by atoms with Gasteiger partial charge in [-0.3, -0.25) is 0 Å². The van der Waals surface area contributed by atoms with Crippen LogP contribution in [0.2, 0.25) is 0 Å². The Morgan fingerprint density at radius 2 is 1.50 bits per heavy atom. The van der Waals surface area contributed by atoms with Gasteiger partial charge in [0.15, 0.2) is 0 Å². The fourth-order valence-corrected chi connectivity index (χ4v) is 0. The molecule has 0 saturated heterocycles. The van der Waals surface area contributed by atoms with Gasteiger partial charge in [-0.1, -0.05) is 44.7 Å². The van der Waals surface area contributed by atoms with Gasteiger partial charge in [0.1, 0.15) is 0 Å². The van der Waals surface area contributed by atoms with Crippen LogP contribution in [0, 0.1) is 5.92 Å². The third-order valence-electron chi connectivity index (χ3n) is 0.820. The van der Waals surface area contributed by atoms with Gasteiger partial charge in [0, 0.05) is 0 Å². The zero-order valence-electron chi connectivity index (χ0n) is 7.35. The van der Waals surface area contributed by atoms with Crippen LogP contribution in [-0.4, -0.2) is 0 Å². The van der Waals surface area contributed by atoms with E-state index >= 15 is 0 Å². The van der Waals surface area contributed by atoms with Crippen molar-refractivity contribution in [2.75, 3.05) is 0 Å². The average Bonchev–Trinajstić information content (AvgIpc) is 1.89. The topological polar surface area (TPSA) is 0 Å². The predicted octanol–water partition coefficient (Wildman–Crippen LogP) is 3.58. The fourth-order valence-electron chi connectivity index (χ4n) is 0. The zero-order chi connectivity index (χ0) is 8.57. The second-order valence-electron chi connectivity index (χ2n) is 2.53. The third kappa shape index (κ3) is 26.9. The Hall–Kier alpha value is -0.780. The SMILES string of the molecule is C=CC(=C)C.C=CC(C)C. The van der Waals surface area contributed by atoms with Gasteiger partial charge in [-0.25, -0.2) is 0 Å². The van der Waals surface area contributed by atoms with E-state index in [2.05, 4.69) is 33.6 Å². The highest BCUT2D eigenvalue weighted by molar-refractivity contribution is 5.05. The molecule has 0 spiro atoms. The highest BCUT2D eigenvalue weighted by Gasteiger charge is 1.73. The molecule has 0 heterocycles. The highest BCUT2D eigenvalue weighted by Crippen LogP contribution is 1.87. The van der Waals surface area contributed by atoms with Gasteiger partial charge >= 0.3 is 0 Å². The van der Waals surface area contributed by atoms with Crippen molar-refractivity contribution >= 4 is 0 Å². The maximum Gasteiger partial charge on any atom is -0.0293 e. The molecule has 0 aliphatic carbocycles. The fraction of sp³-hybridized carbons (Fsp3) is 0.400. The van der Waals surface area contributed by atoms with Crippen molar-refractivity contribution in [3.63, 3.8) is 0 Å². The van der Waals surface area contributed by atoms with E-state index in [1.807, 2.05) is 13.0 Å². The lowest BCUT2D eigenvalue weighted by Gasteiger charge is -1.84. The van der Waals surface area contributed by atoms with E-state index in [9.17, 15) is 0 Å². The Kier molecular flexibility index (Phi) is 9.82. The molecule has 0 aromatic rings. The minimum absolute atomic E-state index is 0.648. The normalized spacial score (nSPS) is 7.60. The summed E-state index contributed by atoms with van der Waals surface area (Å²) in [5.41, 5.74) is 1.02. The summed E-state index contributed by atoms with van der Waals surface area (Å²) in [6.07, 6.45) is 3.64. The first-order valence-electron chi connectivity index (χ1n) is 3.45. The van der Waals surface area contributed by atoms with Crippen LogP contribution in [0.5, 0.6) is 0 Å². The second-order valence-corrected chi connectivity index (χ2v) is 2.53. The average molecular weight is 138 g/mol. The molecule has 0 heteroatoms. The Morgan fingerprint density at radius 3 is 1.50 bits per heavy atom. The molecule has 0 fully saturated rings. The molecule has 0 aliphatic rings. The van der Waals surface area contributed by atoms with Crippen LogP contribution < -0.4 is 0 Å². The lowest BCUT2D eigenvalue weighted by atomic mass is 10.2. The lowest BCUT2D eigenvalue weighted by molar-refractivity contribution is 0.835. The van der Waals surface area contributed by atoms with Crippen LogP contribution in [0.3, 0.4) is 0 Å². The standard InChI is InChI=1S/C5H10.C5H8/c2*1-4-5(2)3/h4-5H,1H2,2-3H3;4H,1-2H2,3H3. The maximum absolute atomic E-state index is 3.56. The van der Waals surface area contributed by atoms with Crippen molar-refractivity contribution < 1.29 is 0 Å². The predicted molar refractivity (Wildman–Crippen MR) is 50.0 cm³/mol. The van der Waals surface area contributed by atoms with Gasteiger partial charge in [0.2, 0.25) is 0 Å². The monoisotopic (exact) mass is 138 g/mol. The van der Waals surface area contributed by atoms with Gasteiger partial charge in [-0.2, -0.15) is 0 Å². The third-order valence-corrected chi connectivity index (χ3v) is 0.820. The minimum atomic E-state index is 0.648. The molecular weight excluding hydrogens is 120 g/mol. The second kappa shape index (κ2) is 8.22. The largest absolute Gasteiger partial charge is 0.103 e. The molecule has 0 N–H and O–H groups in total. The Labute approximate surface area is 65.0 Å². The molecule has 0 unspecified atom stereocenters. The Morgan fingerprint density at radius 1 is 1.30 bits per heavy atom.